The second-order valence-corrected chi connectivity index (χ2v) is 5.46. The molecule has 0 spiro atoms. The van der Waals surface area contributed by atoms with Gasteiger partial charge in [-0.05, 0) is 24.6 Å². The van der Waals surface area contributed by atoms with Crippen LogP contribution in [-0.2, 0) is 0 Å². The number of carbonyl (C=O) groups excluding carboxylic acids is 1. The van der Waals surface area contributed by atoms with Gasteiger partial charge < -0.3 is 15.0 Å². The standard InChI is InChI=1S/C16H25ClN2O2/c1-3-4-5-6-10-18-16(20)19(2)11-12-21-15-9-7-8-14(17)13-15/h7-9,13H,3-6,10-12H2,1-2H3,(H,18,20). The fraction of sp³-hybridized carbons (Fsp3) is 0.562. The highest BCUT2D eigenvalue weighted by Gasteiger charge is 2.07. The highest BCUT2D eigenvalue weighted by Crippen LogP contribution is 2.16. The van der Waals surface area contributed by atoms with E-state index < -0.39 is 0 Å². The molecular formula is C16H25ClN2O2. The van der Waals surface area contributed by atoms with Crippen LogP contribution in [-0.4, -0.2) is 37.7 Å². The largest absolute Gasteiger partial charge is 0.492 e. The van der Waals surface area contributed by atoms with Crippen molar-refractivity contribution in [2.45, 2.75) is 32.6 Å². The smallest absolute Gasteiger partial charge is 0.317 e. The average molecular weight is 313 g/mol. The minimum absolute atomic E-state index is 0.0545. The van der Waals surface area contributed by atoms with Crippen LogP contribution in [0.25, 0.3) is 0 Å². The molecule has 0 aliphatic carbocycles. The van der Waals surface area contributed by atoms with Gasteiger partial charge in [0.2, 0.25) is 0 Å². The fourth-order valence-corrected chi connectivity index (χ4v) is 2.02. The van der Waals surface area contributed by atoms with Crippen molar-refractivity contribution < 1.29 is 9.53 Å². The van der Waals surface area contributed by atoms with Gasteiger partial charge >= 0.3 is 6.03 Å². The Morgan fingerprint density at radius 2 is 2.14 bits per heavy atom. The molecule has 1 aromatic carbocycles. The summed E-state index contributed by atoms with van der Waals surface area (Å²) in [5.41, 5.74) is 0. The number of benzene rings is 1. The van der Waals surface area contributed by atoms with Gasteiger partial charge in [-0.25, -0.2) is 4.79 Å². The van der Waals surface area contributed by atoms with Gasteiger partial charge in [0.25, 0.3) is 0 Å². The van der Waals surface area contributed by atoms with E-state index in [0.717, 1.165) is 18.7 Å². The maximum atomic E-state index is 11.8. The molecule has 21 heavy (non-hydrogen) atoms. The maximum absolute atomic E-state index is 11.8. The molecule has 0 saturated heterocycles. The Kier molecular flexibility index (Phi) is 8.67. The van der Waals surface area contributed by atoms with Crippen molar-refractivity contribution in [3.63, 3.8) is 0 Å². The van der Waals surface area contributed by atoms with Crippen LogP contribution < -0.4 is 10.1 Å². The molecule has 0 radical (unpaired) electrons. The lowest BCUT2D eigenvalue weighted by Gasteiger charge is -2.18. The number of urea groups is 1. The molecular weight excluding hydrogens is 288 g/mol. The van der Waals surface area contributed by atoms with Crippen LogP contribution in [0.5, 0.6) is 5.75 Å². The van der Waals surface area contributed by atoms with E-state index in [9.17, 15) is 4.79 Å². The van der Waals surface area contributed by atoms with Crippen LogP contribution >= 0.6 is 11.6 Å². The van der Waals surface area contributed by atoms with E-state index in [-0.39, 0.29) is 6.03 Å². The van der Waals surface area contributed by atoms with Crippen molar-refractivity contribution in [2.75, 3.05) is 26.7 Å². The number of hydrogen-bond acceptors (Lipinski definition) is 2. The fourth-order valence-electron chi connectivity index (χ4n) is 1.84. The summed E-state index contributed by atoms with van der Waals surface area (Å²) in [7, 11) is 1.77. The second-order valence-electron chi connectivity index (χ2n) is 5.02. The van der Waals surface area contributed by atoms with Crippen molar-refractivity contribution >= 4 is 17.6 Å². The van der Waals surface area contributed by atoms with Crippen LogP contribution in [0.1, 0.15) is 32.6 Å². The van der Waals surface area contributed by atoms with Crippen molar-refractivity contribution in [3.05, 3.63) is 29.3 Å². The number of ether oxygens (including phenoxy) is 1. The summed E-state index contributed by atoms with van der Waals surface area (Å²) in [6.45, 7) is 3.89. The number of hydrogen-bond donors (Lipinski definition) is 1. The Morgan fingerprint density at radius 1 is 1.33 bits per heavy atom. The third-order valence-corrected chi connectivity index (χ3v) is 3.38. The Balaban J connectivity index is 2.14. The zero-order valence-electron chi connectivity index (χ0n) is 12.9. The number of carbonyl (C=O) groups is 1. The van der Waals surface area contributed by atoms with Gasteiger partial charge in [-0.1, -0.05) is 43.9 Å². The first-order valence-electron chi connectivity index (χ1n) is 7.50. The van der Waals surface area contributed by atoms with Gasteiger partial charge in [0.15, 0.2) is 0 Å². The molecule has 0 heterocycles. The van der Waals surface area contributed by atoms with Gasteiger partial charge in [-0.2, -0.15) is 0 Å². The molecule has 1 aromatic rings. The second kappa shape index (κ2) is 10.3. The summed E-state index contributed by atoms with van der Waals surface area (Å²) < 4.78 is 5.56. The normalized spacial score (nSPS) is 10.2. The zero-order chi connectivity index (χ0) is 15.5. The van der Waals surface area contributed by atoms with Crippen LogP contribution in [0.2, 0.25) is 5.02 Å². The summed E-state index contributed by atoms with van der Waals surface area (Å²) in [5, 5.41) is 3.55. The monoisotopic (exact) mass is 312 g/mol. The van der Waals surface area contributed by atoms with Crippen molar-refractivity contribution in [1.82, 2.24) is 10.2 Å². The first-order valence-corrected chi connectivity index (χ1v) is 7.88. The molecule has 0 atom stereocenters. The number of nitrogens with zero attached hydrogens (tertiary/aromatic N) is 1. The van der Waals surface area contributed by atoms with Crippen LogP contribution in [0.15, 0.2) is 24.3 Å². The first kappa shape index (κ1) is 17.6. The molecule has 1 rings (SSSR count). The van der Waals surface area contributed by atoms with Crippen LogP contribution in [0.3, 0.4) is 0 Å². The predicted octanol–water partition coefficient (Wildman–Crippen LogP) is 3.94. The minimum Gasteiger partial charge on any atom is -0.492 e. The summed E-state index contributed by atoms with van der Waals surface area (Å²) in [5.74, 6) is 0.718. The summed E-state index contributed by atoms with van der Waals surface area (Å²) in [6, 6.07) is 7.19. The quantitative estimate of drug-likeness (QED) is 0.702. The van der Waals surface area contributed by atoms with E-state index in [2.05, 4.69) is 12.2 Å². The summed E-state index contributed by atoms with van der Waals surface area (Å²) >= 11 is 5.88. The van der Waals surface area contributed by atoms with E-state index in [4.69, 9.17) is 16.3 Å². The molecule has 5 heteroatoms. The Labute approximate surface area is 132 Å². The number of halogens is 1. The molecule has 118 valence electrons. The topological polar surface area (TPSA) is 41.6 Å². The number of unbranched alkanes of at least 4 members (excludes halogenated alkanes) is 3. The van der Waals surface area contributed by atoms with Crippen molar-refractivity contribution in [3.8, 4) is 5.75 Å². The molecule has 0 aliphatic heterocycles. The molecule has 0 unspecified atom stereocenters. The lowest BCUT2D eigenvalue weighted by atomic mass is 10.2. The third kappa shape index (κ3) is 7.81. The predicted molar refractivity (Wildman–Crippen MR) is 87.1 cm³/mol. The molecule has 4 nitrogen and oxygen atoms in total. The van der Waals surface area contributed by atoms with Crippen LogP contribution in [0.4, 0.5) is 4.79 Å². The van der Waals surface area contributed by atoms with E-state index >= 15 is 0 Å². The molecule has 0 aromatic heterocycles. The third-order valence-electron chi connectivity index (χ3n) is 3.14. The zero-order valence-corrected chi connectivity index (χ0v) is 13.7. The van der Waals surface area contributed by atoms with Crippen molar-refractivity contribution in [2.24, 2.45) is 0 Å². The van der Waals surface area contributed by atoms with Gasteiger partial charge in [-0.15, -0.1) is 0 Å². The lowest BCUT2D eigenvalue weighted by molar-refractivity contribution is 0.195. The van der Waals surface area contributed by atoms with E-state index in [1.165, 1.54) is 19.3 Å². The molecule has 0 bridgehead atoms. The summed E-state index contributed by atoms with van der Waals surface area (Å²) in [4.78, 5) is 13.4. The summed E-state index contributed by atoms with van der Waals surface area (Å²) in [6.07, 6.45) is 4.62. The SMILES string of the molecule is CCCCCCNC(=O)N(C)CCOc1cccc(Cl)c1. The van der Waals surface area contributed by atoms with Gasteiger partial charge in [0, 0.05) is 18.6 Å². The number of likely N-dealkylation sites (N-methyl/N-ethyl adjacent to an activating group) is 1. The molecule has 1 N–H and O–H groups in total. The molecule has 0 saturated carbocycles. The van der Waals surface area contributed by atoms with E-state index in [1.807, 2.05) is 12.1 Å². The Hall–Kier alpha value is -1.42. The molecule has 0 aliphatic rings. The Bertz CT molecular complexity index is 426. The molecule has 0 fully saturated rings. The highest BCUT2D eigenvalue weighted by atomic mass is 35.5. The van der Waals surface area contributed by atoms with Gasteiger partial charge in [0.1, 0.15) is 12.4 Å². The highest BCUT2D eigenvalue weighted by molar-refractivity contribution is 6.30. The Morgan fingerprint density at radius 3 is 2.86 bits per heavy atom. The van der Waals surface area contributed by atoms with Gasteiger partial charge in [-0.3, -0.25) is 0 Å². The number of rotatable bonds is 9. The number of nitrogens with one attached hydrogen (secondary N) is 1. The maximum Gasteiger partial charge on any atom is 0.317 e. The van der Waals surface area contributed by atoms with E-state index in [1.54, 1.807) is 24.1 Å². The molecule has 2 amide bonds. The lowest BCUT2D eigenvalue weighted by Crippen LogP contribution is -2.39. The van der Waals surface area contributed by atoms with Crippen molar-refractivity contribution in [1.29, 1.82) is 0 Å². The van der Waals surface area contributed by atoms with Crippen LogP contribution in [0, 0.1) is 0 Å². The minimum atomic E-state index is -0.0545. The van der Waals surface area contributed by atoms with Gasteiger partial charge in [0.05, 0.1) is 6.54 Å². The first-order chi connectivity index (χ1) is 10.1. The number of amides is 2. The van der Waals surface area contributed by atoms with E-state index in [0.29, 0.717) is 18.2 Å². The average Bonchev–Trinajstić information content (AvgIpc) is 2.46.